The lowest BCUT2D eigenvalue weighted by atomic mass is 10.1. The number of hydrogen-bond donors (Lipinski definition) is 2. The van der Waals surface area contributed by atoms with E-state index < -0.39 is 18.0 Å². The average molecular weight is 367 g/mol. The number of carboxylic acid groups (broad SMARTS) is 1. The summed E-state index contributed by atoms with van der Waals surface area (Å²) < 4.78 is 0. The number of carbonyl (C=O) groups excluding carboxylic acids is 2. The molecule has 140 valence electrons. The number of hydrogen-bond acceptors (Lipinski definition) is 3. The molecular weight excluding hydrogens is 346 g/mol. The molecule has 3 amide bonds. The summed E-state index contributed by atoms with van der Waals surface area (Å²) in [7, 11) is 0. The highest BCUT2D eigenvalue weighted by atomic mass is 16.4. The average Bonchev–Trinajstić information content (AvgIpc) is 2.68. The number of urea groups is 1. The summed E-state index contributed by atoms with van der Waals surface area (Å²) in [5.74, 6) is -1.31. The molecule has 1 unspecified atom stereocenters. The number of benzene rings is 2. The minimum Gasteiger partial charge on any atom is -0.479 e. The molecule has 1 saturated heterocycles. The maximum absolute atomic E-state index is 12.5. The lowest BCUT2D eigenvalue weighted by Gasteiger charge is -2.35. The van der Waals surface area contributed by atoms with Crippen molar-refractivity contribution < 1.29 is 19.5 Å². The third kappa shape index (κ3) is 4.63. The molecule has 3 rings (SSSR count). The van der Waals surface area contributed by atoms with E-state index in [2.05, 4.69) is 5.32 Å². The molecule has 0 spiro atoms. The maximum atomic E-state index is 12.5. The number of aliphatic carboxylic acids is 1. The summed E-state index contributed by atoms with van der Waals surface area (Å²) in [6, 6.07) is 16.4. The van der Waals surface area contributed by atoms with Gasteiger partial charge in [-0.25, -0.2) is 9.59 Å². The fourth-order valence-electron chi connectivity index (χ4n) is 3.00. The summed E-state index contributed by atoms with van der Waals surface area (Å²) in [4.78, 5) is 39.4. The van der Waals surface area contributed by atoms with Crippen molar-refractivity contribution in [2.24, 2.45) is 0 Å². The molecule has 0 aromatic heterocycles. The van der Waals surface area contributed by atoms with Gasteiger partial charge in [0, 0.05) is 19.6 Å². The minimum absolute atomic E-state index is 0.0696. The van der Waals surface area contributed by atoms with Crippen molar-refractivity contribution in [1.29, 1.82) is 0 Å². The fraction of sp³-hybridized carbons (Fsp3) is 0.250. The van der Waals surface area contributed by atoms with E-state index in [0.29, 0.717) is 25.2 Å². The molecule has 2 aromatic carbocycles. The quantitative estimate of drug-likeness (QED) is 0.844. The monoisotopic (exact) mass is 367 g/mol. The lowest BCUT2D eigenvalue weighted by molar-refractivity contribution is -0.139. The molecule has 0 aliphatic carbocycles. The van der Waals surface area contributed by atoms with Gasteiger partial charge in [0.2, 0.25) is 5.91 Å². The molecule has 7 nitrogen and oxygen atoms in total. The summed E-state index contributed by atoms with van der Waals surface area (Å²) in [6.45, 7) is 1.19. The first-order chi connectivity index (χ1) is 13.0. The second kappa shape index (κ2) is 8.35. The van der Waals surface area contributed by atoms with Crippen LogP contribution in [-0.4, -0.2) is 52.4 Å². The van der Waals surface area contributed by atoms with Gasteiger partial charge in [0.15, 0.2) is 6.04 Å². The van der Waals surface area contributed by atoms with Crippen molar-refractivity contribution in [2.75, 3.05) is 19.6 Å². The molecule has 1 aliphatic rings. The first kappa shape index (κ1) is 18.4. The highest BCUT2D eigenvalue weighted by Crippen LogP contribution is 2.15. The van der Waals surface area contributed by atoms with E-state index >= 15 is 0 Å². The SMILES string of the molecule is O=C(O)C(NC(=O)N1CCN(Cc2ccccc2)C(=O)C1)c1ccccc1. The summed E-state index contributed by atoms with van der Waals surface area (Å²) in [6.07, 6.45) is 0. The van der Waals surface area contributed by atoms with E-state index in [4.69, 9.17) is 0 Å². The van der Waals surface area contributed by atoms with Crippen LogP contribution in [0, 0.1) is 0 Å². The van der Waals surface area contributed by atoms with Gasteiger partial charge in [0.25, 0.3) is 0 Å². The minimum atomic E-state index is -1.16. The van der Waals surface area contributed by atoms with Gasteiger partial charge in [-0.3, -0.25) is 4.79 Å². The Balaban J connectivity index is 1.60. The molecule has 27 heavy (non-hydrogen) atoms. The van der Waals surface area contributed by atoms with Crippen molar-refractivity contribution in [3.05, 3.63) is 71.8 Å². The zero-order chi connectivity index (χ0) is 19.2. The molecule has 0 bridgehead atoms. The molecule has 0 saturated carbocycles. The van der Waals surface area contributed by atoms with E-state index in [1.807, 2.05) is 30.3 Å². The van der Waals surface area contributed by atoms with Crippen LogP contribution >= 0.6 is 0 Å². The van der Waals surface area contributed by atoms with Gasteiger partial charge in [-0.15, -0.1) is 0 Å². The fourth-order valence-corrected chi connectivity index (χ4v) is 3.00. The van der Waals surface area contributed by atoms with E-state index in [9.17, 15) is 19.5 Å². The first-order valence-electron chi connectivity index (χ1n) is 8.69. The molecule has 1 aliphatic heterocycles. The Morgan fingerprint density at radius 1 is 1.00 bits per heavy atom. The Kier molecular flexibility index (Phi) is 5.71. The molecule has 0 radical (unpaired) electrons. The second-order valence-corrected chi connectivity index (χ2v) is 6.35. The highest BCUT2D eigenvalue weighted by molar-refractivity contribution is 5.88. The zero-order valence-corrected chi connectivity index (χ0v) is 14.7. The Hall–Kier alpha value is -3.35. The third-order valence-corrected chi connectivity index (χ3v) is 4.47. The Morgan fingerprint density at radius 2 is 1.63 bits per heavy atom. The topological polar surface area (TPSA) is 89.9 Å². The van der Waals surface area contributed by atoms with Gasteiger partial charge in [-0.05, 0) is 11.1 Å². The van der Waals surface area contributed by atoms with Crippen LogP contribution in [0.4, 0.5) is 4.79 Å². The van der Waals surface area contributed by atoms with Crippen LogP contribution in [0.2, 0.25) is 0 Å². The van der Waals surface area contributed by atoms with Gasteiger partial charge in [0.05, 0.1) is 0 Å². The molecule has 1 heterocycles. The highest BCUT2D eigenvalue weighted by Gasteiger charge is 2.30. The number of carbonyl (C=O) groups is 3. The molecular formula is C20H21N3O4. The van der Waals surface area contributed by atoms with Gasteiger partial charge >= 0.3 is 12.0 Å². The largest absolute Gasteiger partial charge is 0.479 e. The van der Waals surface area contributed by atoms with Crippen LogP contribution in [0.15, 0.2) is 60.7 Å². The summed E-state index contributed by atoms with van der Waals surface area (Å²) >= 11 is 0. The van der Waals surface area contributed by atoms with Crippen molar-refractivity contribution in [1.82, 2.24) is 15.1 Å². The van der Waals surface area contributed by atoms with Crippen LogP contribution in [0.1, 0.15) is 17.2 Å². The predicted molar refractivity (Wildman–Crippen MR) is 98.8 cm³/mol. The van der Waals surface area contributed by atoms with Crippen molar-refractivity contribution in [3.8, 4) is 0 Å². The van der Waals surface area contributed by atoms with E-state index in [1.165, 1.54) is 4.90 Å². The normalized spacial score (nSPS) is 15.3. The number of amides is 3. The van der Waals surface area contributed by atoms with E-state index in [1.54, 1.807) is 35.2 Å². The standard InChI is InChI=1S/C20H21N3O4/c24-17-14-23(12-11-22(17)13-15-7-3-1-4-8-15)20(27)21-18(19(25)26)16-9-5-2-6-10-16/h1-10,18H,11-14H2,(H,21,27)(H,25,26). The summed E-state index contributed by atoms with van der Waals surface area (Å²) in [5, 5.41) is 11.9. The van der Waals surface area contributed by atoms with Crippen LogP contribution in [0.25, 0.3) is 0 Å². The number of nitrogens with zero attached hydrogens (tertiary/aromatic N) is 2. The van der Waals surface area contributed by atoms with Gasteiger partial charge in [0.1, 0.15) is 6.54 Å². The molecule has 2 aromatic rings. The van der Waals surface area contributed by atoms with Crippen molar-refractivity contribution >= 4 is 17.9 Å². The Bertz CT molecular complexity index is 810. The Labute approximate surface area is 157 Å². The second-order valence-electron chi connectivity index (χ2n) is 6.35. The smallest absolute Gasteiger partial charge is 0.330 e. The van der Waals surface area contributed by atoms with Gasteiger partial charge < -0.3 is 20.2 Å². The van der Waals surface area contributed by atoms with E-state index in [-0.39, 0.29) is 12.5 Å². The number of piperazine rings is 1. The number of nitrogens with one attached hydrogen (secondary N) is 1. The summed E-state index contributed by atoms with van der Waals surface area (Å²) in [5.41, 5.74) is 1.51. The van der Waals surface area contributed by atoms with Crippen LogP contribution < -0.4 is 5.32 Å². The lowest BCUT2D eigenvalue weighted by Crippen LogP contribution is -2.55. The van der Waals surface area contributed by atoms with Crippen molar-refractivity contribution in [3.63, 3.8) is 0 Å². The van der Waals surface area contributed by atoms with Crippen LogP contribution in [-0.2, 0) is 16.1 Å². The van der Waals surface area contributed by atoms with Gasteiger partial charge in [-0.2, -0.15) is 0 Å². The maximum Gasteiger partial charge on any atom is 0.330 e. The Morgan fingerprint density at radius 3 is 2.22 bits per heavy atom. The molecule has 7 heteroatoms. The number of carboxylic acids is 1. The van der Waals surface area contributed by atoms with E-state index in [0.717, 1.165) is 5.56 Å². The molecule has 1 fully saturated rings. The predicted octanol–water partition coefficient (Wildman–Crippen LogP) is 1.87. The zero-order valence-electron chi connectivity index (χ0n) is 14.7. The molecule has 1 atom stereocenters. The third-order valence-electron chi connectivity index (χ3n) is 4.47. The first-order valence-corrected chi connectivity index (χ1v) is 8.69. The van der Waals surface area contributed by atoms with Crippen LogP contribution in [0.5, 0.6) is 0 Å². The van der Waals surface area contributed by atoms with Gasteiger partial charge in [-0.1, -0.05) is 60.7 Å². The molecule has 2 N–H and O–H groups in total. The van der Waals surface area contributed by atoms with Crippen molar-refractivity contribution in [2.45, 2.75) is 12.6 Å². The van der Waals surface area contributed by atoms with Crippen LogP contribution in [0.3, 0.4) is 0 Å². The number of rotatable bonds is 5.